The summed E-state index contributed by atoms with van der Waals surface area (Å²) in [5, 5.41) is 0. The fourth-order valence-electron chi connectivity index (χ4n) is 3.24. The van der Waals surface area contributed by atoms with E-state index in [1.54, 1.807) is 0 Å². The van der Waals surface area contributed by atoms with E-state index in [-0.39, 0.29) is 5.41 Å². The zero-order chi connectivity index (χ0) is 11.8. The SMILES string of the molecule is C=CC1=C(C)c2ccccc2C1(CC)CC. The van der Waals surface area contributed by atoms with Crippen molar-refractivity contribution >= 4 is 5.57 Å². The van der Waals surface area contributed by atoms with Gasteiger partial charge in [-0.25, -0.2) is 0 Å². The Hall–Kier alpha value is -1.30. The Kier molecular flexibility index (Phi) is 2.75. The molecule has 0 heteroatoms. The summed E-state index contributed by atoms with van der Waals surface area (Å²) in [5.74, 6) is 0. The lowest BCUT2D eigenvalue weighted by molar-refractivity contribution is 0.486. The Bertz CT molecular complexity index is 445. The van der Waals surface area contributed by atoms with Gasteiger partial charge in [-0.05, 0) is 42.0 Å². The summed E-state index contributed by atoms with van der Waals surface area (Å²) in [7, 11) is 0. The molecule has 1 aromatic carbocycles. The van der Waals surface area contributed by atoms with Crippen LogP contribution in [-0.2, 0) is 5.41 Å². The van der Waals surface area contributed by atoms with E-state index in [4.69, 9.17) is 0 Å². The highest BCUT2D eigenvalue weighted by molar-refractivity contribution is 5.81. The maximum atomic E-state index is 4.01. The van der Waals surface area contributed by atoms with Crippen molar-refractivity contribution in [2.45, 2.75) is 39.0 Å². The van der Waals surface area contributed by atoms with Gasteiger partial charge in [0.05, 0.1) is 0 Å². The van der Waals surface area contributed by atoms with Crippen LogP contribution in [-0.4, -0.2) is 0 Å². The third-order valence-electron chi connectivity index (χ3n) is 4.18. The highest BCUT2D eigenvalue weighted by Gasteiger charge is 2.39. The molecule has 0 atom stereocenters. The Morgan fingerprint density at radius 3 is 2.38 bits per heavy atom. The molecule has 0 unspecified atom stereocenters. The molecule has 1 aliphatic carbocycles. The zero-order valence-electron chi connectivity index (χ0n) is 10.5. The number of rotatable bonds is 3. The van der Waals surface area contributed by atoms with E-state index < -0.39 is 0 Å². The summed E-state index contributed by atoms with van der Waals surface area (Å²) in [6, 6.07) is 8.80. The van der Waals surface area contributed by atoms with Gasteiger partial charge in [-0.2, -0.15) is 0 Å². The largest absolute Gasteiger partial charge is 0.0987 e. The van der Waals surface area contributed by atoms with E-state index >= 15 is 0 Å². The molecule has 0 nitrogen and oxygen atoms in total. The molecule has 84 valence electrons. The van der Waals surface area contributed by atoms with E-state index in [2.05, 4.69) is 57.7 Å². The summed E-state index contributed by atoms with van der Waals surface area (Å²) < 4.78 is 0. The molecule has 1 aromatic rings. The predicted molar refractivity (Wildman–Crippen MR) is 71.5 cm³/mol. The van der Waals surface area contributed by atoms with Crippen molar-refractivity contribution in [3.05, 3.63) is 53.6 Å². The minimum Gasteiger partial charge on any atom is -0.0987 e. The minimum atomic E-state index is 0.211. The van der Waals surface area contributed by atoms with E-state index in [0.717, 1.165) is 12.8 Å². The Morgan fingerprint density at radius 2 is 1.81 bits per heavy atom. The fourth-order valence-corrected chi connectivity index (χ4v) is 3.24. The van der Waals surface area contributed by atoms with Crippen molar-refractivity contribution in [2.24, 2.45) is 0 Å². The second kappa shape index (κ2) is 3.93. The number of fused-ring (bicyclic) bond motifs is 1. The molecule has 2 rings (SSSR count). The van der Waals surface area contributed by atoms with Crippen LogP contribution >= 0.6 is 0 Å². The van der Waals surface area contributed by atoms with E-state index in [9.17, 15) is 0 Å². The van der Waals surface area contributed by atoms with E-state index in [1.807, 2.05) is 0 Å². The monoisotopic (exact) mass is 212 g/mol. The minimum absolute atomic E-state index is 0.211. The second-order valence-corrected chi connectivity index (χ2v) is 4.58. The number of benzene rings is 1. The average Bonchev–Trinajstić information content (AvgIpc) is 2.59. The van der Waals surface area contributed by atoms with Crippen LogP contribution in [0.5, 0.6) is 0 Å². The van der Waals surface area contributed by atoms with Gasteiger partial charge in [-0.3, -0.25) is 0 Å². The maximum Gasteiger partial charge on any atom is 0.0206 e. The molecule has 0 N–H and O–H groups in total. The molecule has 0 saturated heterocycles. The standard InChI is InChI=1S/C16H20/c1-5-14-12(4)13-10-8-9-11-15(13)16(14,6-2)7-3/h5,8-11H,1,6-7H2,2-4H3. The first-order valence-corrected chi connectivity index (χ1v) is 6.15. The normalized spacial score (nSPS) is 17.4. The smallest absolute Gasteiger partial charge is 0.0206 e. The van der Waals surface area contributed by atoms with Crippen LogP contribution in [0.3, 0.4) is 0 Å². The van der Waals surface area contributed by atoms with Gasteiger partial charge in [0.2, 0.25) is 0 Å². The van der Waals surface area contributed by atoms with Crippen LogP contribution in [0.15, 0.2) is 42.5 Å². The van der Waals surface area contributed by atoms with Crippen LogP contribution in [0.2, 0.25) is 0 Å². The first-order chi connectivity index (χ1) is 7.71. The number of hydrogen-bond donors (Lipinski definition) is 0. The van der Waals surface area contributed by atoms with Gasteiger partial charge < -0.3 is 0 Å². The molecule has 0 spiro atoms. The van der Waals surface area contributed by atoms with Gasteiger partial charge in [0, 0.05) is 5.41 Å². The van der Waals surface area contributed by atoms with Crippen molar-refractivity contribution in [3.63, 3.8) is 0 Å². The van der Waals surface area contributed by atoms with Gasteiger partial charge >= 0.3 is 0 Å². The topological polar surface area (TPSA) is 0 Å². The lowest BCUT2D eigenvalue weighted by Crippen LogP contribution is -2.23. The van der Waals surface area contributed by atoms with Gasteiger partial charge in [0.25, 0.3) is 0 Å². The lowest BCUT2D eigenvalue weighted by atomic mass is 9.73. The summed E-state index contributed by atoms with van der Waals surface area (Å²) in [4.78, 5) is 0. The van der Waals surface area contributed by atoms with Gasteiger partial charge in [0.1, 0.15) is 0 Å². The van der Waals surface area contributed by atoms with Crippen LogP contribution in [0.25, 0.3) is 5.57 Å². The summed E-state index contributed by atoms with van der Waals surface area (Å²) in [5.41, 5.74) is 5.96. The summed E-state index contributed by atoms with van der Waals surface area (Å²) in [6.07, 6.45) is 4.36. The highest BCUT2D eigenvalue weighted by atomic mass is 14.4. The Balaban J connectivity index is 2.74. The van der Waals surface area contributed by atoms with Crippen molar-refractivity contribution in [3.8, 4) is 0 Å². The van der Waals surface area contributed by atoms with E-state index in [0.29, 0.717) is 0 Å². The maximum absolute atomic E-state index is 4.01. The summed E-state index contributed by atoms with van der Waals surface area (Å²) in [6.45, 7) is 10.8. The molecule has 0 aliphatic heterocycles. The lowest BCUT2D eigenvalue weighted by Gasteiger charge is -2.30. The average molecular weight is 212 g/mol. The van der Waals surface area contributed by atoms with Gasteiger partial charge in [-0.15, -0.1) is 0 Å². The number of hydrogen-bond acceptors (Lipinski definition) is 0. The molecule has 0 bridgehead atoms. The third kappa shape index (κ3) is 1.22. The van der Waals surface area contributed by atoms with Gasteiger partial charge in [-0.1, -0.05) is 50.8 Å². The van der Waals surface area contributed by atoms with Crippen LogP contribution in [0, 0.1) is 0 Å². The van der Waals surface area contributed by atoms with Crippen LogP contribution in [0.1, 0.15) is 44.7 Å². The Labute approximate surface area is 98.7 Å². The quantitative estimate of drug-likeness (QED) is 0.680. The summed E-state index contributed by atoms with van der Waals surface area (Å²) >= 11 is 0. The molecule has 0 aromatic heterocycles. The first-order valence-electron chi connectivity index (χ1n) is 6.15. The Morgan fingerprint density at radius 1 is 1.19 bits per heavy atom. The zero-order valence-corrected chi connectivity index (χ0v) is 10.5. The van der Waals surface area contributed by atoms with Crippen molar-refractivity contribution in [1.82, 2.24) is 0 Å². The highest BCUT2D eigenvalue weighted by Crippen LogP contribution is 2.50. The second-order valence-electron chi connectivity index (χ2n) is 4.58. The fraction of sp³-hybridized carbons (Fsp3) is 0.375. The van der Waals surface area contributed by atoms with Crippen molar-refractivity contribution in [2.75, 3.05) is 0 Å². The molecule has 0 heterocycles. The van der Waals surface area contributed by atoms with E-state index in [1.165, 1.54) is 22.3 Å². The molecular weight excluding hydrogens is 192 g/mol. The van der Waals surface area contributed by atoms with Crippen molar-refractivity contribution < 1.29 is 0 Å². The molecule has 0 saturated carbocycles. The molecular formula is C16H20. The van der Waals surface area contributed by atoms with Crippen LogP contribution in [0.4, 0.5) is 0 Å². The molecule has 0 fully saturated rings. The van der Waals surface area contributed by atoms with Gasteiger partial charge in [0.15, 0.2) is 0 Å². The number of allylic oxidation sites excluding steroid dienone is 3. The first kappa shape index (κ1) is 11.2. The van der Waals surface area contributed by atoms with Crippen LogP contribution < -0.4 is 0 Å². The molecule has 0 amide bonds. The molecule has 16 heavy (non-hydrogen) atoms. The third-order valence-corrected chi connectivity index (χ3v) is 4.18. The molecule has 0 radical (unpaired) electrons. The molecule has 1 aliphatic rings. The van der Waals surface area contributed by atoms with Crippen molar-refractivity contribution in [1.29, 1.82) is 0 Å². The predicted octanol–water partition coefficient (Wildman–Crippen LogP) is 4.72.